The van der Waals surface area contributed by atoms with Gasteiger partial charge in [-0.05, 0) is 61.0 Å². The molecule has 0 bridgehead atoms. The fourth-order valence-corrected chi connectivity index (χ4v) is 4.51. The van der Waals surface area contributed by atoms with Crippen molar-refractivity contribution in [1.82, 2.24) is 10.4 Å². The van der Waals surface area contributed by atoms with E-state index in [1.54, 1.807) is 42.5 Å². The van der Waals surface area contributed by atoms with Crippen molar-refractivity contribution in [2.45, 2.75) is 13.0 Å². The van der Waals surface area contributed by atoms with Gasteiger partial charge in [0.1, 0.15) is 0 Å². The maximum atomic E-state index is 12.8. The van der Waals surface area contributed by atoms with Gasteiger partial charge in [-0.15, -0.1) is 0 Å². The molecule has 0 saturated heterocycles. The second kappa shape index (κ2) is 14.1. The summed E-state index contributed by atoms with van der Waals surface area (Å²) >= 11 is 0. The van der Waals surface area contributed by atoms with E-state index in [1.165, 1.54) is 6.07 Å². The first-order chi connectivity index (χ1) is 18.7. The van der Waals surface area contributed by atoms with Gasteiger partial charge < -0.3 is 14.7 Å². The second-order valence-corrected chi connectivity index (χ2v) is 10.7. The van der Waals surface area contributed by atoms with Crippen LogP contribution in [-0.4, -0.2) is 38.0 Å². The van der Waals surface area contributed by atoms with Crippen LogP contribution in [-0.2, 0) is 15.7 Å². The molecular weight excluding hydrogens is 519 g/mol. The van der Waals surface area contributed by atoms with Crippen molar-refractivity contribution in [3.63, 3.8) is 0 Å². The third kappa shape index (κ3) is 8.96. The highest BCUT2D eigenvalue weighted by Gasteiger charge is 2.21. The van der Waals surface area contributed by atoms with Gasteiger partial charge in [0.05, 0.1) is 28.5 Å². The number of carbonyl (C=O) groups excluding carboxylic acids is 1. The summed E-state index contributed by atoms with van der Waals surface area (Å²) in [7, 11) is 0.510. The van der Waals surface area contributed by atoms with Crippen LogP contribution in [0.1, 0.15) is 22.3 Å². The molecule has 12 heteroatoms. The van der Waals surface area contributed by atoms with Gasteiger partial charge in [-0.3, -0.25) is 19.5 Å². The Morgan fingerprint density at radius 2 is 1.64 bits per heavy atom. The summed E-state index contributed by atoms with van der Waals surface area (Å²) < 4.78 is 18.3. The Morgan fingerprint density at radius 3 is 2.23 bits per heavy atom. The minimum absolute atomic E-state index is 0.109. The fraction of sp³-hybridized carbons (Fsp3) is 0.222. The molecule has 3 aromatic carbocycles. The zero-order chi connectivity index (χ0) is 28.3. The smallest absolute Gasteiger partial charge is 0.292 e. The summed E-state index contributed by atoms with van der Waals surface area (Å²) in [4.78, 5) is 25.1. The van der Waals surface area contributed by atoms with Crippen LogP contribution in [0.25, 0.3) is 0 Å². The molecular formula is C27H31N6O5P. The lowest BCUT2D eigenvalue weighted by atomic mass is 10.2. The van der Waals surface area contributed by atoms with Crippen LogP contribution in [0.2, 0.25) is 0 Å². The van der Waals surface area contributed by atoms with Gasteiger partial charge in [0.2, 0.25) is 0 Å². The van der Waals surface area contributed by atoms with Crippen LogP contribution in [0.3, 0.4) is 0 Å². The first-order valence-corrected chi connectivity index (χ1v) is 13.8. The maximum Gasteiger partial charge on any atom is 0.292 e. The number of azo groups is 1. The van der Waals surface area contributed by atoms with E-state index in [-0.39, 0.29) is 24.7 Å². The molecule has 1 atom stereocenters. The number of rotatable bonds is 14. The average molecular weight is 551 g/mol. The molecule has 2 N–H and O–H groups in total. The number of amides is 1. The summed E-state index contributed by atoms with van der Waals surface area (Å²) in [5, 5.41) is 25.2. The Balaban J connectivity index is 1.42. The number of nitrogens with one attached hydrogen (secondary N) is 2. The van der Waals surface area contributed by atoms with Gasteiger partial charge in [-0.2, -0.15) is 10.2 Å². The predicted octanol–water partition coefficient (Wildman–Crippen LogP) is 6.34. The zero-order valence-electron chi connectivity index (χ0n) is 21.8. The van der Waals surface area contributed by atoms with Crippen molar-refractivity contribution in [1.29, 1.82) is 0 Å². The Hall–Kier alpha value is -4.18. The number of hydrogen-bond donors (Lipinski definition) is 2. The van der Waals surface area contributed by atoms with Crippen LogP contribution in [0.5, 0.6) is 0 Å². The third-order valence-corrected chi connectivity index (χ3v) is 7.25. The zero-order valence-corrected chi connectivity index (χ0v) is 22.7. The molecule has 0 radical (unpaired) electrons. The highest BCUT2D eigenvalue weighted by molar-refractivity contribution is 7.60. The van der Waals surface area contributed by atoms with E-state index in [1.807, 2.05) is 43.3 Å². The number of para-hydroxylation sites is 1. The highest BCUT2D eigenvalue weighted by Crippen LogP contribution is 2.44. The number of hydrogen-bond acceptors (Lipinski definition) is 8. The molecule has 3 aromatic rings. The van der Waals surface area contributed by atoms with Crippen LogP contribution in [0.4, 0.5) is 22.7 Å². The topological polar surface area (TPSA) is 139 Å². The number of anilines is 1. The van der Waals surface area contributed by atoms with Crippen molar-refractivity contribution < 1.29 is 18.8 Å². The largest absolute Gasteiger partial charge is 0.378 e. The summed E-state index contributed by atoms with van der Waals surface area (Å²) in [5.41, 5.74) is 3.09. The van der Waals surface area contributed by atoms with Gasteiger partial charge in [0.25, 0.3) is 19.1 Å². The lowest BCUT2D eigenvalue weighted by Crippen LogP contribution is -2.26. The number of benzene rings is 3. The summed E-state index contributed by atoms with van der Waals surface area (Å²) in [6.07, 6.45) is 0.470. The van der Waals surface area contributed by atoms with Crippen LogP contribution in [0.15, 0.2) is 95.4 Å². The molecule has 0 saturated carbocycles. The van der Waals surface area contributed by atoms with Gasteiger partial charge in [0.15, 0.2) is 0 Å². The normalized spacial score (nSPS) is 12.6. The van der Waals surface area contributed by atoms with Crippen molar-refractivity contribution in [2.24, 2.45) is 10.2 Å². The van der Waals surface area contributed by atoms with Crippen molar-refractivity contribution >= 4 is 36.2 Å². The molecule has 11 nitrogen and oxygen atoms in total. The molecule has 0 spiro atoms. The SMILES string of the molecule is C=CP(=O)(NCCCNC(=O)c1ccc(/N=N/c2ccc(N(C)C)cc2)cc1)OCc1ccccc1[N+](=O)[O-]. The second-order valence-electron chi connectivity index (χ2n) is 8.61. The van der Waals surface area contributed by atoms with Crippen molar-refractivity contribution in [3.05, 3.63) is 106 Å². The maximum absolute atomic E-state index is 12.8. The molecule has 1 unspecified atom stereocenters. The Bertz CT molecular complexity index is 1360. The molecule has 0 aliphatic rings. The molecule has 0 aromatic heterocycles. The number of nitrogens with zero attached hydrogens (tertiary/aromatic N) is 4. The van der Waals surface area contributed by atoms with Crippen LogP contribution >= 0.6 is 7.52 Å². The van der Waals surface area contributed by atoms with E-state index in [4.69, 9.17) is 4.52 Å². The standard InChI is InChI=1S/C27H31N6O5P/c1-4-39(37,38-20-22-8-5-6-9-26(22)33(35)36)29-19-7-18-28-27(34)21-10-12-23(13-11-21)30-31-24-14-16-25(17-15-24)32(2)3/h4-6,8-17H,1,7,18-20H2,2-3H3,(H,28,34)(H,29,37)/b31-30+. The van der Waals surface area contributed by atoms with E-state index in [9.17, 15) is 19.5 Å². The summed E-state index contributed by atoms with van der Waals surface area (Å²) in [5.74, 6) is 0.912. The van der Waals surface area contributed by atoms with E-state index >= 15 is 0 Å². The van der Waals surface area contributed by atoms with Crippen LogP contribution in [0, 0.1) is 10.1 Å². The van der Waals surface area contributed by atoms with E-state index in [0.29, 0.717) is 29.8 Å². The number of carbonyl (C=O) groups is 1. The number of nitro benzene ring substituents is 1. The molecule has 204 valence electrons. The van der Waals surface area contributed by atoms with Gasteiger partial charge in [-0.25, -0.2) is 5.09 Å². The highest BCUT2D eigenvalue weighted by atomic mass is 31.2. The Kier molecular flexibility index (Phi) is 10.6. The molecule has 0 aliphatic carbocycles. The molecule has 0 aliphatic heterocycles. The molecule has 3 rings (SSSR count). The van der Waals surface area contributed by atoms with E-state index < -0.39 is 12.4 Å². The van der Waals surface area contributed by atoms with Crippen molar-refractivity contribution in [2.75, 3.05) is 32.1 Å². The minimum atomic E-state index is -3.42. The number of nitro groups is 1. The summed E-state index contributed by atoms with van der Waals surface area (Å²) in [6, 6.07) is 20.5. The lowest BCUT2D eigenvalue weighted by Gasteiger charge is -2.16. The molecule has 0 heterocycles. The first-order valence-electron chi connectivity index (χ1n) is 12.1. The van der Waals surface area contributed by atoms with Gasteiger partial charge >= 0.3 is 0 Å². The van der Waals surface area contributed by atoms with Gasteiger partial charge in [0, 0.05) is 50.3 Å². The minimum Gasteiger partial charge on any atom is -0.378 e. The first kappa shape index (κ1) is 29.4. The molecule has 39 heavy (non-hydrogen) atoms. The van der Waals surface area contributed by atoms with Crippen molar-refractivity contribution in [3.8, 4) is 0 Å². The quantitative estimate of drug-likeness (QED) is 0.0785. The molecule has 0 fully saturated rings. The van der Waals surface area contributed by atoms with E-state index in [0.717, 1.165) is 17.2 Å². The third-order valence-electron chi connectivity index (χ3n) is 5.59. The van der Waals surface area contributed by atoms with E-state index in [2.05, 4.69) is 27.2 Å². The lowest BCUT2D eigenvalue weighted by molar-refractivity contribution is -0.385. The Labute approximate surface area is 227 Å². The predicted molar refractivity (Wildman–Crippen MR) is 152 cm³/mol. The average Bonchev–Trinajstić information content (AvgIpc) is 2.95. The Morgan fingerprint density at radius 1 is 1.03 bits per heavy atom. The van der Waals surface area contributed by atoms with Gasteiger partial charge in [-0.1, -0.05) is 18.7 Å². The van der Waals surface area contributed by atoms with Crippen LogP contribution < -0.4 is 15.3 Å². The summed E-state index contributed by atoms with van der Waals surface area (Å²) in [6.45, 7) is 3.94. The monoisotopic (exact) mass is 550 g/mol. The fourth-order valence-electron chi connectivity index (χ4n) is 3.38. The molecule has 1 amide bonds.